The summed E-state index contributed by atoms with van der Waals surface area (Å²) in [5, 5.41) is 0.536. The molecule has 0 radical (unpaired) electrons. The van der Waals surface area contributed by atoms with E-state index in [9.17, 15) is 4.79 Å². The quantitative estimate of drug-likeness (QED) is 0.571. The summed E-state index contributed by atoms with van der Waals surface area (Å²) in [7, 11) is 0. The summed E-state index contributed by atoms with van der Waals surface area (Å²) in [6, 6.07) is 8.14. The monoisotopic (exact) mass is 222 g/mol. The molecule has 82 valence electrons. The Kier molecular flexibility index (Phi) is 3.97. The fourth-order valence-electron chi connectivity index (χ4n) is 1.42. The van der Waals surface area contributed by atoms with E-state index in [1.807, 2.05) is 43.8 Å². The number of benzene rings is 1. The third-order valence-corrected chi connectivity index (χ3v) is 3.32. The number of thioether (sulfide) groups is 1. The molecule has 0 aromatic heterocycles. The van der Waals surface area contributed by atoms with Gasteiger partial charge in [0.25, 0.3) is 0 Å². The lowest BCUT2D eigenvalue weighted by Crippen LogP contribution is -2.19. The van der Waals surface area contributed by atoms with Crippen LogP contribution in [0.25, 0.3) is 0 Å². The zero-order valence-electron chi connectivity index (χ0n) is 9.78. The van der Waals surface area contributed by atoms with Crippen molar-refractivity contribution in [2.24, 2.45) is 0 Å². The molecular formula is C13H18OS. The highest BCUT2D eigenvalue weighted by atomic mass is 32.2. The molecule has 0 aliphatic heterocycles. The largest absolute Gasteiger partial charge is 0.302 e. The lowest BCUT2D eigenvalue weighted by atomic mass is 9.86. The Hall–Kier alpha value is -0.760. The Morgan fingerprint density at radius 2 is 1.87 bits per heavy atom. The van der Waals surface area contributed by atoms with E-state index in [0.717, 1.165) is 11.8 Å². The summed E-state index contributed by atoms with van der Waals surface area (Å²) in [5.74, 6) is 0. The van der Waals surface area contributed by atoms with Gasteiger partial charge in [-0.25, -0.2) is 0 Å². The van der Waals surface area contributed by atoms with Gasteiger partial charge in [-0.15, -0.1) is 11.8 Å². The molecule has 0 saturated heterocycles. The number of hydrogen-bond donors (Lipinski definition) is 0. The van der Waals surface area contributed by atoms with Gasteiger partial charge in [0.1, 0.15) is 6.29 Å². The van der Waals surface area contributed by atoms with Gasteiger partial charge in [-0.3, -0.25) is 0 Å². The van der Waals surface area contributed by atoms with Crippen LogP contribution in [-0.2, 0) is 10.2 Å². The van der Waals surface area contributed by atoms with E-state index < -0.39 is 5.41 Å². The zero-order chi connectivity index (χ0) is 11.5. The summed E-state index contributed by atoms with van der Waals surface area (Å²) in [6.07, 6.45) is 1.02. The third-order valence-electron chi connectivity index (χ3n) is 2.24. The first-order valence-corrected chi connectivity index (χ1v) is 6.08. The van der Waals surface area contributed by atoms with Crippen molar-refractivity contribution < 1.29 is 4.79 Å². The highest BCUT2D eigenvalue weighted by molar-refractivity contribution is 8.00. The maximum absolute atomic E-state index is 11.1. The van der Waals surface area contributed by atoms with Gasteiger partial charge in [-0.2, -0.15) is 0 Å². The van der Waals surface area contributed by atoms with Gasteiger partial charge in [-0.05, 0) is 25.5 Å². The average Bonchev–Trinajstić information content (AvgIpc) is 2.17. The van der Waals surface area contributed by atoms with E-state index in [1.165, 1.54) is 4.90 Å². The maximum atomic E-state index is 11.1. The zero-order valence-corrected chi connectivity index (χ0v) is 10.6. The lowest BCUT2D eigenvalue weighted by molar-refractivity contribution is -0.111. The van der Waals surface area contributed by atoms with E-state index in [2.05, 4.69) is 19.9 Å². The Balaban J connectivity index is 3.11. The SMILES string of the molecule is CC(C)Sc1ccccc1C(C)(C)C=O. The second-order valence-corrected chi connectivity index (χ2v) is 6.12. The molecule has 1 rings (SSSR count). The standard InChI is InChI=1S/C13H18OS/c1-10(2)15-12-8-6-5-7-11(12)13(3,4)9-14/h5-10H,1-4H3. The molecule has 0 fully saturated rings. The van der Waals surface area contributed by atoms with Gasteiger partial charge in [0.05, 0.1) is 0 Å². The van der Waals surface area contributed by atoms with Gasteiger partial charge in [0.2, 0.25) is 0 Å². The molecule has 0 spiro atoms. The molecule has 0 unspecified atom stereocenters. The second kappa shape index (κ2) is 4.84. The second-order valence-electron chi connectivity index (χ2n) is 4.50. The molecule has 0 N–H and O–H groups in total. The number of carbonyl (C=O) groups is 1. The van der Waals surface area contributed by atoms with Crippen molar-refractivity contribution in [1.29, 1.82) is 0 Å². The average molecular weight is 222 g/mol. The van der Waals surface area contributed by atoms with Crippen LogP contribution >= 0.6 is 11.8 Å². The minimum atomic E-state index is -0.390. The van der Waals surface area contributed by atoms with E-state index in [-0.39, 0.29) is 0 Å². The predicted molar refractivity (Wildman–Crippen MR) is 66.5 cm³/mol. The Bertz CT molecular complexity index is 342. The fourth-order valence-corrected chi connectivity index (χ4v) is 2.54. The molecule has 15 heavy (non-hydrogen) atoms. The van der Waals surface area contributed by atoms with Crippen LogP contribution < -0.4 is 0 Å². The Morgan fingerprint density at radius 3 is 2.40 bits per heavy atom. The summed E-state index contributed by atoms with van der Waals surface area (Å²) in [5.41, 5.74) is 0.733. The van der Waals surface area contributed by atoms with Crippen molar-refractivity contribution in [1.82, 2.24) is 0 Å². The third kappa shape index (κ3) is 3.10. The van der Waals surface area contributed by atoms with Gasteiger partial charge in [0.15, 0.2) is 0 Å². The van der Waals surface area contributed by atoms with Gasteiger partial charge >= 0.3 is 0 Å². The summed E-state index contributed by atoms with van der Waals surface area (Å²) in [4.78, 5) is 12.3. The van der Waals surface area contributed by atoms with Crippen LogP contribution in [0.5, 0.6) is 0 Å². The Labute approximate surface area is 96.3 Å². The Morgan fingerprint density at radius 1 is 1.27 bits per heavy atom. The molecule has 1 aromatic rings. The van der Waals surface area contributed by atoms with E-state index >= 15 is 0 Å². The first-order chi connectivity index (χ1) is 6.97. The van der Waals surface area contributed by atoms with Crippen molar-refractivity contribution >= 4 is 18.0 Å². The highest BCUT2D eigenvalue weighted by Gasteiger charge is 2.22. The predicted octanol–water partition coefficient (Wildman–Crippen LogP) is 3.66. The van der Waals surface area contributed by atoms with Crippen LogP contribution in [0, 0.1) is 0 Å². The minimum Gasteiger partial charge on any atom is -0.302 e. The van der Waals surface area contributed by atoms with Crippen molar-refractivity contribution in [2.45, 2.75) is 43.3 Å². The van der Waals surface area contributed by atoms with Gasteiger partial charge < -0.3 is 4.79 Å². The molecule has 2 heteroatoms. The molecule has 1 aromatic carbocycles. The van der Waals surface area contributed by atoms with Crippen LogP contribution in [0.15, 0.2) is 29.2 Å². The molecule has 0 atom stereocenters. The van der Waals surface area contributed by atoms with Crippen LogP contribution in [0.3, 0.4) is 0 Å². The first-order valence-electron chi connectivity index (χ1n) is 5.20. The van der Waals surface area contributed by atoms with Crippen molar-refractivity contribution in [2.75, 3.05) is 0 Å². The van der Waals surface area contributed by atoms with Gasteiger partial charge in [-0.1, -0.05) is 32.0 Å². The van der Waals surface area contributed by atoms with Crippen LogP contribution in [0.4, 0.5) is 0 Å². The normalized spacial score (nSPS) is 11.8. The van der Waals surface area contributed by atoms with E-state index in [4.69, 9.17) is 0 Å². The highest BCUT2D eigenvalue weighted by Crippen LogP contribution is 2.33. The number of carbonyl (C=O) groups excluding carboxylic acids is 1. The van der Waals surface area contributed by atoms with Crippen LogP contribution in [0.1, 0.15) is 33.3 Å². The number of rotatable bonds is 4. The molecule has 0 amide bonds. The van der Waals surface area contributed by atoms with E-state index in [1.54, 1.807) is 0 Å². The molecule has 0 heterocycles. The molecular weight excluding hydrogens is 204 g/mol. The van der Waals surface area contributed by atoms with Crippen LogP contribution in [0.2, 0.25) is 0 Å². The maximum Gasteiger partial charge on any atom is 0.130 e. The van der Waals surface area contributed by atoms with Crippen LogP contribution in [-0.4, -0.2) is 11.5 Å². The van der Waals surface area contributed by atoms with Crippen molar-refractivity contribution in [3.05, 3.63) is 29.8 Å². The molecule has 0 bridgehead atoms. The summed E-state index contributed by atoms with van der Waals surface area (Å²) in [6.45, 7) is 8.24. The first kappa shape index (κ1) is 12.3. The smallest absolute Gasteiger partial charge is 0.130 e. The lowest BCUT2D eigenvalue weighted by Gasteiger charge is -2.21. The van der Waals surface area contributed by atoms with E-state index in [0.29, 0.717) is 5.25 Å². The topological polar surface area (TPSA) is 17.1 Å². The minimum absolute atomic E-state index is 0.390. The van der Waals surface area contributed by atoms with Crippen molar-refractivity contribution in [3.8, 4) is 0 Å². The molecule has 0 saturated carbocycles. The number of aldehydes is 1. The molecule has 0 aliphatic rings. The van der Waals surface area contributed by atoms with Crippen molar-refractivity contribution in [3.63, 3.8) is 0 Å². The molecule has 0 aliphatic carbocycles. The summed E-state index contributed by atoms with van der Waals surface area (Å²) < 4.78 is 0. The van der Waals surface area contributed by atoms with Gasteiger partial charge in [0, 0.05) is 15.6 Å². The summed E-state index contributed by atoms with van der Waals surface area (Å²) >= 11 is 1.81. The fraction of sp³-hybridized carbons (Fsp3) is 0.462. The molecule has 1 nitrogen and oxygen atoms in total. The number of hydrogen-bond acceptors (Lipinski definition) is 2.